The molecule has 3 aromatic heterocycles. The highest BCUT2D eigenvalue weighted by atomic mass is 35.5. The molecule has 5 nitrogen and oxygen atoms in total. The zero-order chi connectivity index (χ0) is 24.8. The van der Waals surface area contributed by atoms with Gasteiger partial charge in [0.2, 0.25) is 0 Å². The van der Waals surface area contributed by atoms with Crippen LogP contribution in [-0.2, 0) is 7.05 Å². The minimum absolute atomic E-state index is 0.155. The van der Waals surface area contributed by atoms with E-state index in [0.717, 1.165) is 26.9 Å². The van der Waals surface area contributed by atoms with Crippen molar-refractivity contribution in [1.29, 1.82) is 0 Å². The van der Waals surface area contributed by atoms with Crippen LogP contribution in [0.3, 0.4) is 0 Å². The minimum atomic E-state index is -0.280. The molecular formula is C28H20ClN3O2S2. The molecule has 2 aromatic carbocycles. The van der Waals surface area contributed by atoms with Gasteiger partial charge in [-0.3, -0.25) is 9.59 Å². The first-order chi connectivity index (χ1) is 17.5. The van der Waals surface area contributed by atoms with Gasteiger partial charge in [0, 0.05) is 34.3 Å². The maximum Gasteiger partial charge on any atom is 0.284 e. The molecule has 1 aliphatic heterocycles. The van der Waals surface area contributed by atoms with E-state index >= 15 is 0 Å². The highest BCUT2D eigenvalue weighted by molar-refractivity contribution is 7.12. The number of thiophene rings is 2. The number of aryl methyl sites for hydroxylation is 1. The number of carbonyl (C=O) groups excluding carboxylic acids is 1. The Labute approximate surface area is 220 Å². The second-order valence-corrected chi connectivity index (χ2v) is 10.9. The fraction of sp³-hybridized carbons (Fsp3) is 0.107. The number of hydrogen-bond donors (Lipinski definition) is 0. The molecule has 0 N–H and O–H groups in total. The van der Waals surface area contributed by atoms with Crippen molar-refractivity contribution in [2.45, 2.75) is 12.5 Å². The second-order valence-electron chi connectivity index (χ2n) is 8.55. The van der Waals surface area contributed by atoms with E-state index in [1.807, 2.05) is 71.4 Å². The predicted octanol–water partition coefficient (Wildman–Crippen LogP) is 6.97. The van der Waals surface area contributed by atoms with E-state index in [1.54, 1.807) is 40.1 Å². The Bertz CT molecular complexity index is 1670. The quantitative estimate of drug-likeness (QED) is 0.252. The number of pyridine rings is 1. The molecule has 36 heavy (non-hydrogen) atoms. The van der Waals surface area contributed by atoms with Crippen LogP contribution < -0.4 is 5.56 Å². The van der Waals surface area contributed by atoms with Crippen molar-refractivity contribution >= 4 is 56.8 Å². The number of amides is 1. The first-order valence-corrected chi connectivity index (χ1v) is 13.5. The molecule has 178 valence electrons. The van der Waals surface area contributed by atoms with Crippen LogP contribution >= 0.6 is 34.3 Å². The Kier molecular flexibility index (Phi) is 5.84. The summed E-state index contributed by atoms with van der Waals surface area (Å²) in [7, 11) is 1.76. The van der Waals surface area contributed by atoms with Crippen molar-refractivity contribution in [1.82, 2.24) is 9.58 Å². The molecular weight excluding hydrogens is 510 g/mol. The van der Waals surface area contributed by atoms with Gasteiger partial charge in [0.05, 0.1) is 27.7 Å². The zero-order valence-corrected chi connectivity index (χ0v) is 21.6. The summed E-state index contributed by atoms with van der Waals surface area (Å²) < 4.78 is 1.64. The third-order valence-corrected chi connectivity index (χ3v) is 8.50. The summed E-state index contributed by atoms with van der Waals surface area (Å²) in [5.41, 5.74) is 3.41. The van der Waals surface area contributed by atoms with Crippen LogP contribution in [-0.4, -0.2) is 21.2 Å². The van der Waals surface area contributed by atoms with Crippen LogP contribution in [0, 0.1) is 0 Å². The number of nitrogens with zero attached hydrogens (tertiary/aromatic N) is 3. The van der Waals surface area contributed by atoms with E-state index < -0.39 is 0 Å². The number of benzene rings is 2. The average Bonchev–Trinajstić information content (AvgIpc) is 3.67. The van der Waals surface area contributed by atoms with Gasteiger partial charge in [0.25, 0.3) is 11.5 Å². The van der Waals surface area contributed by atoms with E-state index in [4.69, 9.17) is 16.7 Å². The molecule has 0 aliphatic carbocycles. The number of rotatable bonds is 4. The molecule has 0 spiro atoms. The molecule has 6 rings (SSSR count). The fourth-order valence-corrected chi connectivity index (χ4v) is 6.40. The van der Waals surface area contributed by atoms with Gasteiger partial charge in [-0.25, -0.2) is 5.01 Å². The fourth-order valence-electron chi connectivity index (χ4n) is 4.76. The van der Waals surface area contributed by atoms with Crippen molar-refractivity contribution in [3.8, 4) is 11.1 Å². The summed E-state index contributed by atoms with van der Waals surface area (Å²) in [5.74, 6) is -0.166. The number of hydrazone groups is 1. The van der Waals surface area contributed by atoms with Gasteiger partial charge in [-0.1, -0.05) is 54.1 Å². The summed E-state index contributed by atoms with van der Waals surface area (Å²) >= 11 is 9.40. The molecule has 0 saturated heterocycles. The molecule has 1 atom stereocenters. The van der Waals surface area contributed by atoms with E-state index in [-0.39, 0.29) is 17.5 Å². The molecule has 8 heteroatoms. The Balaban J connectivity index is 1.61. The highest BCUT2D eigenvalue weighted by Crippen LogP contribution is 2.39. The van der Waals surface area contributed by atoms with Crippen LogP contribution in [0.2, 0.25) is 5.02 Å². The zero-order valence-electron chi connectivity index (χ0n) is 19.2. The number of aromatic nitrogens is 1. The third kappa shape index (κ3) is 3.80. The molecule has 1 amide bonds. The van der Waals surface area contributed by atoms with E-state index in [2.05, 4.69) is 0 Å². The monoisotopic (exact) mass is 529 g/mol. The lowest BCUT2D eigenvalue weighted by molar-refractivity contribution is 0.0719. The maximum atomic E-state index is 13.9. The van der Waals surface area contributed by atoms with Crippen LogP contribution in [0.1, 0.15) is 32.6 Å². The number of halogens is 1. The highest BCUT2D eigenvalue weighted by Gasteiger charge is 2.37. The van der Waals surface area contributed by atoms with Crippen LogP contribution in [0.4, 0.5) is 0 Å². The Hall–Kier alpha value is -3.52. The van der Waals surface area contributed by atoms with Gasteiger partial charge >= 0.3 is 0 Å². The lowest BCUT2D eigenvalue weighted by atomic mass is 9.91. The van der Waals surface area contributed by atoms with Crippen LogP contribution in [0.25, 0.3) is 22.0 Å². The molecule has 4 heterocycles. The largest absolute Gasteiger partial charge is 0.311 e. The summed E-state index contributed by atoms with van der Waals surface area (Å²) in [5, 5.41) is 11.7. The lowest BCUT2D eigenvalue weighted by Gasteiger charge is -2.19. The summed E-state index contributed by atoms with van der Waals surface area (Å²) in [6.07, 6.45) is 0.443. The molecule has 0 saturated carbocycles. The van der Waals surface area contributed by atoms with Crippen molar-refractivity contribution in [3.05, 3.63) is 114 Å². The van der Waals surface area contributed by atoms with Gasteiger partial charge in [-0.15, -0.1) is 22.7 Å². The number of fused-ring (bicyclic) bond motifs is 1. The topological polar surface area (TPSA) is 54.7 Å². The lowest BCUT2D eigenvalue weighted by Crippen LogP contribution is -2.26. The summed E-state index contributed by atoms with van der Waals surface area (Å²) in [6.45, 7) is 0. The van der Waals surface area contributed by atoms with Gasteiger partial charge in [0.15, 0.2) is 0 Å². The first kappa shape index (κ1) is 22.9. The third-order valence-electron chi connectivity index (χ3n) is 6.43. The molecule has 0 radical (unpaired) electrons. The maximum absolute atomic E-state index is 13.9. The van der Waals surface area contributed by atoms with Gasteiger partial charge in [0.1, 0.15) is 0 Å². The van der Waals surface area contributed by atoms with Crippen molar-refractivity contribution in [2.24, 2.45) is 12.1 Å². The van der Waals surface area contributed by atoms with E-state index in [0.29, 0.717) is 27.6 Å². The van der Waals surface area contributed by atoms with Crippen LogP contribution in [0.15, 0.2) is 93.5 Å². The van der Waals surface area contributed by atoms with Crippen LogP contribution in [0.5, 0.6) is 0 Å². The van der Waals surface area contributed by atoms with Gasteiger partial charge in [-0.2, -0.15) is 5.10 Å². The predicted molar refractivity (Wildman–Crippen MR) is 148 cm³/mol. The Morgan fingerprint density at radius 1 is 0.972 bits per heavy atom. The number of hydrogen-bond acceptors (Lipinski definition) is 5. The SMILES string of the molecule is Cn1c(=O)c(C2=NN(C(=O)c3cccs3)[C@@H](c3cccs3)C2)c(-c2ccccc2)c2cc(Cl)ccc21. The molecule has 0 unspecified atom stereocenters. The summed E-state index contributed by atoms with van der Waals surface area (Å²) in [6, 6.07) is 22.7. The standard InChI is InChI=1S/C28H20ClN3O2S2/c1-31-21-12-11-18(29)15-19(21)25(17-7-3-2-4-8-17)26(28(31)34)20-16-22(23-9-5-13-35-23)32(30-20)27(33)24-10-6-14-36-24/h2-15,22H,16H2,1H3/t22-/m1/s1. The van der Waals surface area contributed by atoms with Crippen molar-refractivity contribution < 1.29 is 4.79 Å². The van der Waals surface area contributed by atoms with E-state index in [9.17, 15) is 9.59 Å². The molecule has 0 fully saturated rings. The second kappa shape index (κ2) is 9.17. The van der Waals surface area contributed by atoms with Crippen molar-refractivity contribution in [3.63, 3.8) is 0 Å². The van der Waals surface area contributed by atoms with E-state index in [1.165, 1.54) is 11.3 Å². The molecule has 1 aliphatic rings. The van der Waals surface area contributed by atoms with Gasteiger partial charge in [-0.05, 0) is 46.7 Å². The Morgan fingerprint density at radius 2 is 1.75 bits per heavy atom. The average molecular weight is 530 g/mol. The smallest absolute Gasteiger partial charge is 0.284 e. The minimum Gasteiger partial charge on any atom is -0.311 e. The van der Waals surface area contributed by atoms with Crippen molar-refractivity contribution in [2.75, 3.05) is 0 Å². The first-order valence-electron chi connectivity index (χ1n) is 11.4. The molecule has 5 aromatic rings. The van der Waals surface area contributed by atoms with Gasteiger partial charge < -0.3 is 4.57 Å². The Morgan fingerprint density at radius 3 is 2.47 bits per heavy atom. The molecule has 0 bridgehead atoms. The normalized spacial score (nSPS) is 15.4. The number of carbonyl (C=O) groups is 1. The summed E-state index contributed by atoms with van der Waals surface area (Å²) in [4.78, 5) is 29.0.